The highest BCUT2D eigenvalue weighted by atomic mass is 16.6. The van der Waals surface area contributed by atoms with Crippen molar-refractivity contribution in [3.63, 3.8) is 0 Å². The van der Waals surface area contributed by atoms with Crippen LogP contribution in [0.15, 0.2) is 18.2 Å². The van der Waals surface area contributed by atoms with E-state index in [0.29, 0.717) is 0 Å². The van der Waals surface area contributed by atoms with Crippen LogP contribution in [0.5, 0.6) is 5.75 Å². The van der Waals surface area contributed by atoms with Gasteiger partial charge in [-0.3, -0.25) is 10.1 Å². The predicted molar refractivity (Wildman–Crippen MR) is 65.0 cm³/mol. The summed E-state index contributed by atoms with van der Waals surface area (Å²) in [6.07, 6.45) is -0.176. The number of nitrogens with zero attached hydrogens (tertiary/aromatic N) is 1. The molecular weight excluding hydrogens is 238 g/mol. The number of hydrogen-bond donors (Lipinski definition) is 1. The lowest BCUT2D eigenvalue weighted by Crippen LogP contribution is -2.20. The molecule has 1 rings (SSSR count). The van der Waals surface area contributed by atoms with Crippen LogP contribution in [0.3, 0.4) is 0 Å². The number of carbonyl (C=O) groups is 1. The first-order chi connectivity index (χ1) is 8.32. The third kappa shape index (κ3) is 3.19. The number of nitro groups is 1. The predicted octanol–water partition coefficient (Wildman–Crippen LogP) is 2.72. The summed E-state index contributed by atoms with van der Waals surface area (Å²) < 4.78 is 5.50. The van der Waals surface area contributed by atoms with Crippen LogP contribution < -0.4 is 4.74 Å². The highest BCUT2D eigenvalue weighted by Gasteiger charge is 2.19. The van der Waals surface area contributed by atoms with Crippen LogP contribution >= 0.6 is 0 Å². The smallest absolute Gasteiger partial charge is 0.339 e. The molecule has 0 spiro atoms. The van der Waals surface area contributed by atoms with Gasteiger partial charge in [0.05, 0.1) is 11.0 Å². The van der Waals surface area contributed by atoms with Crippen molar-refractivity contribution >= 4 is 11.7 Å². The lowest BCUT2D eigenvalue weighted by Gasteiger charge is -2.19. The Morgan fingerprint density at radius 3 is 2.44 bits per heavy atom. The van der Waals surface area contributed by atoms with Crippen LogP contribution in [0.25, 0.3) is 0 Å². The highest BCUT2D eigenvalue weighted by Crippen LogP contribution is 2.26. The van der Waals surface area contributed by atoms with Crippen LogP contribution in [0.4, 0.5) is 5.69 Å². The van der Waals surface area contributed by atoms with Gasteiger partial charge in [0.25, 0.3) is 5.69 Å². The molecule has 18 heavy (non-hydrogen) atoms. The Morgan fingerprint density at radius 2 is 2.00 bits per heavy atom. The molecule has 0 aliphatic carbocycles. The molecule has 6 nitrogen and oxygen atoms in total. The van der Waals surface area contributed by atoms with Crippen LogP contribution in [0, 0.1) is 16.0 Å². The Labute approximate surface area is 104 Å². The fourth-order valence-corrected chi connectivity index (χ4v) is 1.24. The fraction of sp³-hybridized carbons (Fsp3) is 0.417. The van der Waals surface area contributed by atoms with E-state index in [0.717, 1.165) is 6.07 Å². The average molecular weight is 253 g/mol. The summed E-state index contributed by atoms with van der Waals surface area (Å²) in [7, 11) is 0. The third-order valence-electron chi connectivity index (χ3n) is 2.66. The minimum absolute atomic E-state index is 0.148. The zero-order chi connectivity index (χ0) is 13.9. The van der Waals surface area contributed by atoms with Crippen molar-refractivity contribution in [3.05, 3.63) is 33.9 Å². The lowest BCUT2D eigenvalue weighted by molar-refractivity contribution is -0.384. The summed E-state index contributed by atoms with van der Waals surface area (Å²) in [5.74, 6) is -0.888. The molecule has 1 aromatic rings. The summed E-state index contributed by atoms with van der Waals surface area (Å²) in [6, 6.07) is 3.56. The zero-order valence-electron chi connectivity index (χ0n) is 10.4. The Bertz CT molecular complexity index is 470. The molecule has 0 amide bonds. The standard InChI is InChI=1S/C12H15NO5/c1-7(2)8(3)18-11-5-4-9(13(16)17)6-10(11)12(14)15/h4-8H,1-3H3,(H,14,15). The first-order valence-corrected chi connectivity index (χ1v) is 5.51. The summed E-state index contributed by atoms with van der Waals surface area (Å²) >= 11 is 0. The van der Waals surface area contributed by atoms with E-state index in [1.165, 1.54) is 12.1 Å². The molecule has 0 aliphatic rings. The van der Waals surface area contributed by atoms with E-state index >= 15 is 0 Å². The molecule has 0 saturated heterocycles. The van der Waals surface area contributed by atoms with Crippen molar-refractivity contribution in [1.82, 2.24) is 0 Å². The number of rotatable bonds is 5. The Morgan fingerprint density at radius 1 is 1.39 bits per heavy atom. The van der Waals surface area contributed by atoms with Gasteiger partial charge in [0, 0.05) is 12.1 Å². The molecule has 0 radical (unpaired) electrons. The van der Waals surface area contributed by atoms with E-state index in [1.54, 1.807) is 0 Å². The van der Waals surface area contributed by atoms with Gasteiger partial charge in [-0.05, 0) is 18.9 Å². The number of hydrogen-bond acceptors (Lipinski definition) is 4. The number of carboxylic acids is 1. The number of benzene rings is 1. The van der Waals surface area contributed by atoms with Crippen molar-refractivity contribution in [2.45, 2.75) is 26.9 Å². The van der Waals surface area contributed by atoms with E-state index in [-0.39, 0.29) is 29.0 Å². The maximum Gasteiger partial charge on any atom is 0.339 e. The van der Waals surface area contributed by atoms with Gasteiger partial charge in [0.2, 0.25) is 0 Å². The van der Waals surface area contributed by atoms with Crippen molar-refractivity contribution in [2.24, 2.45) is 5.92 Å². The summed E-state index contributed by atoms with van der Waals surface area (Å²) in [6.45, 7) is 5.70. The van der Waals surface area contributed by atoms with E-state index in [2.05, 4.69) is 0 Å². The summed E-state index contributed by atoms with van der Waals surface area (Å²) in [5.41, 5.74) is -0.464. The molecular formula is C12H15NO5. The van der Waals surface area contributed by atoms with Gasteiger partial charge in [0.15, 0.2) is 0 Å². The summed E-state index contributed by atoms with van der Waals surface area (Å²) in [4.78, 5) is 21.0. The van der Waals surface area contributed by atoms with Gasteiger partial charge in [-0.15, -0.1) is 0 Å². The summed E-state index contributed by atoms with van der Waals surface area (Å²) in [5, 5.41) is 19.6. The van der Waals surface area contributed by atoms with Gasteiger partial charge >= 0.3 is 5.97 Å². The fourth-order valence-electron chi connectivity index (χ4n) is 1.24. The molecule has 0 bridgehead atoms. The van der Waals surface area contributed by atoms with Gasteiger partial charge in [-0.1, -0.05) is 13.8 Å². The quantitative estimate of drug-likeness (QED) is 0.643. The van der Waals surface area contributed by atoms with Gasteiger partial charge in [-0.2, -0.15) is 0 Å². The molecule has 6 heteroatoms. The largest absolute Gasteiger partial charge is 0.490 e. The maximum absolute atomic E-state index is 11.0. The van der Waals surface area contributed by atoms with E-state index in [9.17, 15) is 14.9 Å². The van der Waals surface area contributed by atoms with Crippen molar-refractivity contribution in [2.75, 3.05) is 0 Å². The monoisotopic (exact) mass is 253 g/mol. The van der Waals surface area contributed by atoms with E-state index < -0.39 is 10.9 Å². The number of ether oxygens (including phenoxy) is 1. The second-order valence-electron chi connectivity index (χ2n) is 4.31. The average Bonchev–Trinajstić information content (AvgIpc) is 2.28. The SMILES string of the molecule is CC(C)C(C)Oc1ccc([N+](=O)[O-])cc1C(=O)O. The first kappa shape index (κ1) is 14.0. The Hall–Kier alpha value is -2.11. The van der Waals surface area contributed by atoms with Crippen LogP contribution in [0.2, 0.25) is 0 Å². The van der Waals surface area contributed by atoms with Crippen molar-refractivity contribution in [3.8, 4) is 5.75 Å². The molecule has 1 atom stereocenters. The minimum Gasteiger partial charge on any atom is -0.490 e. The topological polar surface area (TPSA) is 89.7 Å². The molecule has 0 saturated carbocycles. The molecule has 1 unspecified atom stereocenters. The van der Waals surface area contributed by atoms with Gasteiger partial charge in [-0.25, -0.2) is 4.79 Å². The molecule has 0 aliphatic heterocycles. The zero-order valence-corrected chi connectivity index (χ0v) is 10.4. The second kappa shape index (κ2) is 5.48. The number of aromatic carboxylic acids is 1. The number of carboxylic acid groups (broad SMARTS) is 1. The van der Waals surface area contributed by atoms with Crippen LogP contribution in [-0.2, 0) is 0 Å². The normalized spacial score (nSPS) is 12.2. The van der Waals surface area contributed by atoms with Crippen LogP contribution in [0.1, 0.15) is 31.1 Å². The molecule has 0 aromatic heterocycles. The number of nitro benzene ring substituents is 1. The first-order valence-electron chi connectivity index (χ1n) is 5.51. The maximum atomic E-state index is 11.0. The van der Waals surface area contributed by atoms with E-state index in [1.807, 2.05) is 20.8 Å². The van der Waals surface area contributed by atoms with Gasteiger partial charge < -0.3 is 9.84 Å². The van der Waals surface area contributed by atoms with Crippen molar-refractivity contribution < 1.29 is 19.6 Å². The molecule has 1 aromatic carbocycles. The Balaban J connectivity index is 3.12. The van der Waals surface area contributed by atoms with Gasteiger partial charge in [0.1, 0.15) is 11.3 Å². The van der Waals surface area contributed by atoms with E-state index in [4.69, 9.17) is 9.84 Å². The third-order valence-corrected chi connectivity index (χ3v) is 2.66. The molecule has 98 valence electrons. The van der Waals surface area contributed by atoms with Crippen molar-refractivity contribution in [1.29, 1.82) is 0 Å². The molecule has 0 heterocycles. The number of non-ortho nitro benzene ring substituents is 1. The highest BCUT2D eigenvalue weighted by molar-refractivity contribution is 5.91. The van der Waals surface area contributed by atoms with Crippen LogP contribution in [-0.4, -0.2) is 22.1 Å². The molecule has 1 N–H and O–H groups in total. The lowest BCUT2D eigenvalue weighted by atomic mass is 10.1. The minimum atomic E-state index is -1.25. The molecule has 0 fully saturated rings. The second-order valence-corrected chi connectivity index (χ2v) is 4.31. The Kier molecular flexibility index (Phi) is 4.25.